The number of hydrogen-bond donors (Lipinski definition) is 1. The lowest BCUT2D eigenvalue weighted by molar-refractivity contribution is -0.122. The number of nitrogens with one attached hydrogen (secondary N) is 1. The predicted molar refractivity (Wildman–Crippen MR) is 98.5 cm³/mol. The number of rotatable bonds is 4. The van der Waals surface area contributed by atoms with Crippen LogP contribution in [-0.4, -0.2) is 15.5 Å². The van der Waals surface area contributed by atoms with Crippen LogP contribution in [0.15, 0.2) is 53.6 Å². The number of nitrogens with zero attached hydrogens (tertiary/aromatic N) is 2. The molecule has 5 heteroatoms. The SMILES string of the molecule is Cc1ccc([C@H](C)NC(=O)Cn2cnc(=O)c3c(C)cccc32)cc1. The van der Waals surface area contributed by atoms with Crippen molar-refractivity contribution in [2.45, 2.75) is 33.4 Å². The van der Waals surface area contributed by atoms with Crippen molar-refractivity contribution in [2.75, 3.05) is 0 Å². The molecule has 1 aromatic heterocycles. The van der Waals surface area contributed by atoms with E-state index in [1.54, 1.807) is 4.57 Å². The molecule has 1 atom stereocenters. The lowest BCUT2D eigenvalue weighted by atomic mass is 10.1. The number of carbonyl (C=O) groups excluding carboxylic acids is 1. The zero-order chi connectivity index (χ0) is 18.0. The minimum Gasteiger partial charge on any atom is -0.348 e. The fourth-order valence-electron chi connectivity index (χ4n) is 2.93. The maximum absolute atomic E-state index is 12.4. The molecule has 1 heterocycles. The van der Waals surface area contributed by atoms with Crippen molar-refractivity contribution in [3.8, 4) is 0 Å². The van der Waals surface area contributed by atoms with Gasteiger partial charge in [-0.15, -0.1) is 0 Å². The van der Waals surface area contributed by atoms with Crippen LogP contribution in [0.1, 0.15) is 29.7 Å². The molecule has 0 saturated heterocycles. The topological polar surface area (TPSA) is 64.0 Å². The summed E-state index contributed by atoms with van der Waals surface area (Å²) in [6, 6.07) is 13.6. The van der Waals surface area contributed by atoms with Crippen LogP contribution < -0.4 is 10.9 Å². The van der Waals surface area contributed by atoms with E-state index in [4.69, 9.17) is 0 Å². The maximum Gasteiger partial charge on any atom is 0.280 e. The van der Waals surface area contributed by atoms with Gasteiger partial charge in [0.1, 0.15) is 6.54 Å². The van der Waals surface area contributed by atoms with Crippen LogP contribution in [0.2, 0.25) is 0 Å². The number of benzene rings is 2. The van der Waals surface area contributed by atoms with Gasteiger partial charge in [-0.3, -0.25) is 9.59 Å². The second-order valence-electron chi connectivity index (χ2n) is 6.35. The van der Waals surface area contributed by atoms with Crippen molar-refractivity contribution in [2.24, 2.45) is 0 Å². The number of hydrogen-bond acceptors (Lipinski definition) is 3. The second kappa shape index (κ2) is 6.89. The van der Waals surface area contributed by atoms with Gasteiger partial charge in [0.2, 0.25) is 5.91 Å². The van der Waals surface area contributed by atoms with Crippen LogP contribution in [0.25, 0.3) is 10.9 Å². The first-order chi connectivity index (χ1) is 12.0. The summed E-state index contributed by atoms with van der Waals surface area (Å²) in [6.07, 6.45) is 1.43. The van der Waals surface area contributed by atoms with E-state index in [1.807, 2.05) is 63.2 Å². The van der Waals surface area contributed by atoms with Crippen LogP contribution in [-0.2, 0) is 11.3 Å². The van der Waals surface area contributed by atoms with Gasteiger partial charge >= 0.3 is 0 Å². The van der Waals surface area contributed by atoms with Gasteiger partial charge in [0.05, 0.1) is 23.3 Å². The monoisotopic (exact) mass is 335 g/mol. The minimum atomic E-state index is -0.266. The predicted octanol–water partition coefficient (Wildman–Crippen LogP) is 2.89. The van der Waals surface area contributed by atoms with Gasteiger partial charge in [0.15, 0.2) is 0 Å². The van der Waals surface area contributed by atoms with E-state index in [9.17, 15) is 9.59 Å². The van der Waals surface area contributed by atoms with E-state index in [0.29, 0.717) is 5.39 Å². The molecule has 0 spiro atoms. The minimum absolute atomic E-state index is 0.0894. The summed E-state index contributed by atoms with van der Waals surface area (Å²) < 4.78 is 1.71. The third-order valence-corrected chi connectivity index (χ3v) is 4.36. The molecule has 0 unspecified atom stereocenters. The molecule has 2 aromatic carbocycles. The smallest absolute Gasteiger partial charge is 0.280 e. The van der Waals surface area contributed by atoms with Gasteiger partial charge in [-0.2, -0.15) is 4.98 Å². The molecule has 1 amide bonds. The molecule has 5 nitrogen and oxygen atoms in total. The third kappa shape index (κ3) is 3.60. The first-order valence-corrected chi connectivity index (χ1v) is 8.26. The molecule has 0 aliphatic rings. The van der Waals surface area contributed by atoms with Crippen molar-refractivity contribution in [1.29, 1.82) is 0 Å². The summed E-state index contributed by atoms with van der Waals surface area (Å²) in [5.74, 6) is -0.124. The van der Waals surface area contributed by atoms with E-state index in [1.165, 1.54) is 11.9 Å². The number of aromatic nitrogens is 2. The Kier molecular flexibility index (Phi) is 4.65. The van der Waals surface area contributed by atoms with Crippen molar-refractivity contribution in [3.05, 3.63) is 75.8 Å². The van der Waals surface area contributed by atoms with Gasteiger partial charge in [0.25, 0.3) is 5.56 Å². The molecule has 0 aliphatic carbocycles. The van der Waals surface area contributed by atoms with Gasteiger partial charge < -0.3 is 9.88 Å². The number of carbonyl (C=O) groups is 1. The molecule has 0 radical (unpaired) electrons. The zero-order valence-corrected chi connectivity index (χ0v) is 14.6. The number of fused-ring (bicyclic) bond motifs is 1. The van der Waals surface area contributed by atoms with Gasteiger partial charge in [-0.25, -0.2) is 0 Å². The Hall–Kier alpha value is -2.95. The average Bonchev–Trinajstić information content (AvgIpc) is 2.58. The first kappa shape index (κ1) is 16.9. The lowest BCUT2D eigenvalue weighted by Gasteiger charge is -2.16. The van der Waals surface area contributed by atoms with Crippen molar-refractivity contribution in [1.82, 2.24) is 14.9 Å². The molecular weight excluding hydrogens is 314 g/mol. The molecule has 3 rings (SSSR count). The molecule has 1 N–H and O–H groups in total. The molecular formula is C20H21N3O2. The molecule has 0 bridgehead atoms. The summed E-state index contributed by atoms with van der Waals surface area (Å²) in [7, 11) is 0. The summed E-state index contributed by atoms with van der Waals surface area (Å²) in [6.45, 7) is 5.97. The highest BCUT2D eigenvalue weighted by Crippen LogP contribution is 2.15. The largest absolute Gasteiger partial charge is 0.348 e. The lowest BCUT2D eigenvalue weighted by Crippen LogP contribution is -2.30. The van der Waals surface area contributed by atoms with Crippen LogP contribution in [0.5, 0.6) is 0 Å². The third-order valence-electron chi connectivity index (χ3n) is 4.36. The van der Waals surface area contributed by atoms with E-state index >= 15 is 0 Å². The van der Waals surface area contributed by atoms with E-state index in [0.717, 1.165) is 16.6 Å². The second-order valence-corrected chi connectivity index (χ2v) is 6.35. The summed E-state index contributed by atoms with van der Waals surface area (Å²) in [4.78, 5) is 28.3. The van der Waals surface area contributed by atoms with Gasteiger partial charge in [0, 0.05) is 0 Å². The highest BCUT2D eigenvalue weighted by atomic mass is 16.2. The fraction of sp³-hybridized carbons (Fsp3) is 0.250. The molecule has 3 aromatic rings. The number of amides is 1. The van der Waals surface area contributed by atoms with E-state index in [-0.39, 0.29) is 24.1 Å². The van der Waals surface area contributed by atoms with Crippen LogP contribution >= 0.6 is 0 Å². The standard InChI is InChI=1S/C20H21N3O2/c1-13-7-9-16(10-8-13)15(3)22-18(24)11-23-12-21-20(25)19-14(2)5-4-6-17(19)23/h4-10,12,15H,11H2,1-3H3,(H,22,24)/t15-/m0/s1. The van der Waals surface area contributed by atoms with Crippen molar-refractivity contribution >= 4 is 16.8 Å². The van der Waals surface area contributed by atoms with Gasteiger partial charge in [-0.1, -0.05) is 42.0 Å². The average molecular weight is 335 g/mol. The Morgan fingerprint density at radius 1 is 1.16 bits per heavy atom. The van der Waals surface area contributed by atoms with E-state index < -0.39 is 0 Å². The van der Waals surface area contributed by atoms with Gasteiger partial charge in [-0.05, 0) is 38.0 Å². The van der Waals surface area contributed by atoms with E-state index in [2.05, 4.69) is 10.3 Å². The number of aryl methyl sites for hydroxylation is 2. The highest BCUT2D eigenvalue weighted by molar-refractivity contribution is 5.83. The molecule has 0 fully saturated rings. The summed E-state index contributed by atoms with van der Waals surface area (Å²) in [5.41, 5.74) is 3.55. The van der Waals surface area contributed by atoms with Crippen LogP contribution in [0, 0.1) is 13.8 Å². The molecule has 128 valence electrons. The van der Waals surface area contributed by atoms with Crippen molar-refractivity contribution < 1.29 is 4.79 Å². The normalized spacial score (nSPS) is 12.1. The molecule has 0 aliphatic heterocycles. The molecule has 0 saturated carbocycles. The summed E-state index contributed by atoms with van der Waals surface area (Å²) >= 11 is 0. The first-order valence-electron chi connectivity index (χ1n) is 8.26. The Labute approximate surface area is 146 Å². The Bertz CT molecular complexity index is 974. The highest BCUT2D eigenvalue weighted by Gasteiger charge is 2.12. The maximum atomic E-state index is 12.4. The Morgan fingerprint density at radius 3 is 2.60 bits per heavy atom. The van der Waals surface area contributed by atoms with Crippen molar-refractivity contribution in [3.63, 3.8) is 0 Å². The zero-order valence-electron chi connectivity index (χ0n) is 14.6. The Balaban J connectivity index is 1.81. The quantitative estimate of drug-likeness (QED) is 0.797. The van der Waals surface area contributed by atoms with Crippen LogP contribution in [0.4, 0.5) is 0 Å². The van der Waals surface area contributed by atoms with Crippen LogP contribution in [0.3, 0.4) is 0 Å². The summed E-state index contributed by atoms with van der Waals surface area (Å²) in [5, 5.41) is 3.55. The Morgan fingerprint density at radius 2 is 1.88 bits per heavy atom. The molecule has 25 heavy (non-hydrogen) atoms. The fourth-order valence-corrected chi connectivity index (χ4v) is 2.93.